The zero-order chi connectivity index (χ0) is 13.4. The number of hydrogen-bond donors (Lipinski definition) is 1. The van der Waals surface area contributed by atoms with Gasteiger partial charge in [-0.05, 0) is 37.6 Å². The normalized spacial score (nSPS) is 24.1. The zero-order valence-corrected chi connectivity index (χ0v) is 11.9. The molecule has 0 bridgehead atoms. The van der Waals surface area contributed by atoms with Gasteiger partial charge in [0.15, 0.2) is 0 Å². The summed E-state index contributed by atoms with van der Waals surface area (Å²) in [6, 6.07) is 5.07. The first-order chi connectivity index (χ1) is 8.40. The van der Waals surface area contributed by atoms with Gasteiger partial charge < -0.3 is 10.6 Å². The number of nitrogens with two attached hydrogens (primary N) is 1. The highest BCUT2D eigenvalue weighted by Crippen LogP contribution is 2.36. The number of hydrogen-bond acceptors (Lipinski definition) is 2. The molecule has 1 amide bonds. The Labute approximate surface area is 117 Å². The Hall–Kier alpha value is -0.770. The molecule has 1 fully saturated rings. The van der Waals surface area contributed by atoms with Gasteiger partial charge in [0, 0.05) is 28.5 Å². The largest absolute Gasteiger partial charge is 0.332 e. The minimum atomic E-state index is -0.213. The van der Waals surface area contributed by atoms with Crippen LogP contribution in [0.25, 0.3) is 0 Å². The molecule has 3 nitrogen and oxygen atoms in total. The number of amides is 1. The van der Waals surface area contributed by atoms with E-state index in [1.54, 1.807) is 6.07 Å². The molecule has 2 rings (SSSR count). The van der Waals surface area contributed by atoms with Gasteiger partial charge in [0.2, 0.25) is 5.91 Å². The average molecular weight is 287 g/mol. The fraction of sp³-hybridized carbons (Fsp3) is 0.462. The molecule has 2 atom stereocenters. The van der Waals surface area contributed by atoms with Crippen molar-refractivity contribution in [2.24, 2.45) is 5.73 Å². The molecule has 1 saturated heterocycles. The van der Waals surface area contributed by atoms with E-state index in [1.807, 2.05) is 30.9 Å². The third-order valence-corrected chi connectivity index (χ3v) is 3.62. The molecule has 0 radical (unpaired) electrons. The number of carbonyl (C=O) groups excluding carboxylic acids is 1. The van der Waals surface area contributed by atoms with E-state index >= 15 is 0 Å². The second-order valence-corrected chi connectivity index (χ2v) is 5.78. The molecule has 1 aromatic carbocycles. The van der Waals surface area contributed by atoms with E-state index in [9.17, 15) is 4.79 Å². The maximum absolute atomic E-state index is 12.0. The minimum Gasteiger partial charge on any atom is -0.332 e. The van der Waals surface area contributed by atoms with Gasteiger partial charge in [-0.15, -0.1) is 0 Å². The lowest BCUT2D eigenvalue weighted by Crippen LogP contribution is -2.37. The summed E-state index contributed by atoms with van der Waals surface area (Å²) < 4.78 is 0. The Morgan fingerprint density at radius 1 is 1.28 bits per heavy atom. The van der Waals surface area contributed by atoms with E-state index in [0.29, 0.717) is 16.5 Å². The Kier molecular flexibility index (Phi) is 3.85. The molecule has 2 N–H and O–H groups in total. The van der Waals surface area contributed by atoms with Gasteiger partial charge in [0.05, 0.1) is 6.04 Å². The fourth-order valence-corrected chi connectivity index (χ4v) is 3.09. The molecule has 0 saturated carbocycles. The SMILES string of the molecule is CC(C)N1C(=O)CC(N)C1c1cc(Cl)cc(Cl)c1. The maximum atomic E-state index is 12.0. The van der Waals surface area contributed by atoms with Crippen molar-refractivity contribution < 1.29 is 4.79 Å². The quantitative estimate of drug-likeness (QED) is 0.909. The molecule has 0 aliphatic carbocycles. The summed E-state index contributed by atoms with van der Waals surface area (Å²) in [5.74, 6) is 0.0820. The van der Waals surface area contributed by atoms with Crippen LogP contribution in [-0.4, -0.2) is 22.9 Å². The molecule has 18 heavy (non-hydrogen) atoms. The average Bonchev–Trinajstić information content (AvgIpc) is 2.51. The van der Waals surface area contributed by atoms with Crippen molar-refractivity contribution in [3.63, 3.8) is 0 Å². The predicted molar refractivity (Wildman–Crippen MR) is 73.8 cm³/mol. The summed E-state index contributed by atoms with van der Waals surface area (Å²) in [6.45, 7) is 3.96. The van der Waals surface area contributed by atoms with E-state index < -0.39 is 0 Å². The molecule has 5 heteroatoms. The summed E-state index contributed by atoms with van der Waals surface area (Å²) in [4.78, 5) is 13.8. The highest BCUT2D eigenvalue weighted by molar-refractivity contribution is 6.34. The predicted octanol–water partition coefficient (Wildman–Crippen LogP) is 3.00. The van der Waals surface area contributed by atoms with Crippen molar-refractivity contribution in [2.45, 2.75) is 38.4 Å². The van der Waals surface area contributed by atoms with Crippen molar-refractivity contribution in [3.8, 4) is 0 Å². The van der Waals surface area contributed by atoms with Crippen LogP contribution in [0.5, 0.6) is 0 Å². The van der Waals surface area contributed by atoms with Crippen LogP contribution in [0.3, 0.4) is 0 Å². The standard InChI is InChI=1S/C13H16Cl2N2O/c1-7(2)17-12(18)6-11(16)13(17)8-3-9(14)5-10(15)4-8/h3-5,7,11,13H,6,16H2,1-2H3. The van der Waals surface area contributed by atoms with E-state index in [2.05, 4.69) is 0 Å². The smallest absolute Gasteiger partial charge is 0.225 e. The molecular formula is C13H16Cl2N2O. The molecular weight excluding hydrogens is 271 g/mol. The maximum Gasteiger partial charge on any atom is 0.225 e. The number of benzene rings is 1. The first-order valence-corrected chi connectivity index (χ1v) is 6.68. The van der Waals surface area contributed by atoms with Crippen LogP contribution in [0.2, 0.25) is 10.0 Å². The van der Waals surface area contributed by atoms with Crippen LogP contribution in [0.4, 0.5) is 0 Å². The van der Waals surface area contributed by atoms with Gasteiger partial charge in [-0.3, -0.25) is 4.79 Å². The highest BCUT2D eigenvalue weighted by atomic mass is 35.5. The third kappa shape index (κ3) is 2.48. The Balaban J connectivity index is 2.43. The van der Waals surface area contributed by atoms with Crippen molar-refractivity contribution in [1.82, 2.24) is 4.90 Å². The zero-order valence-electron chi connectivity index (χ0n) is 10.4. The van der Waals surface area contributed by atoms with Crippen molar-refractivity contribution >= 4 is 29.1 Å². The van der Waals surface area contributed by atoms with Gasteiger partial charge >= 0.3 is 0 Å². The van der Waals surface area contributed by atoms with E-state index in [0.717, 1.165) is 5.56 Å². The molecule has 2 unspecified atom stereocenters. The summed E-state index contributed by atoms with van der Waals surface area (Å²) >= 11 is 12.0. The van der Waals surface area contributed by atoms with Crippen LogP contribution >= 0.6 is 23.2 Å². The van der Waals surface area contributed by atoms with E-state index in [4.69, 9.17) is 28.9 Å². The van der Waals surface area contributed by atoms with Crippen LogP contribution in [-0.2, 0) is 4.79 Å². The fourth-order valence-electron chi connectivity index (χ4n) is 2.54. The van der Waals surface area contributed by atoms with Crippen LogP contribution in [0, 0.1) is 0 Å². The molecule has 0 spiro atoms. The lowest BCUT2D eigenvalue weighted by molar-refractivity contribution is -0.130. The number of halogens is 2. The lowest BCUT2D eigenvalue weighted by Gasteiger charge is -2.31. The van der Waals surface area contributed by atoms with Gasteiger partial charge in [-0.1, -0.05) is 23.2 Å². The van der Waals surface area contributed by atoms with Crippen LogP contribution in [0.15, 0.2) is 18.2 Å². The van der Waals surface area contributed by atoms with Crippen molar-refractivity contribution in [3.05, 3.63) is 33.8 Å². The monoisotopic (exact) mass is 286 g/mol. The molecule has 1 aliphatic heterocycles. The Bertz CT molecular complexity index is 456. The highest BCUT2D eigenvalue weighted by Gasteiger charge is 2.40. The van der Waals surface area contributed by atoms with Crippen LogP contribution < -0.4 is 5.73 Å². The molecule has 1 aromatic rings. The number of nitrogens with zero attached hydrogens (tertiary/aromatic N) is 1. The molecule has 0 aromatic heterocycles. The van der Waals surface area contributed by atoms with E-state index in [1.165, 1.54) is 0 Å². The first-order valence-electron chi connectivity index (χ1n) is 5.93. The first kappa shape index (κ1) is 13.7. The van der Waals surface area contributed by atoms with Gasteiger partial charge in [-0.25, -0.2) is 0 Å². The number of likely N-dealkylation sites (tertiary alicyclic amines) is 1. The molecule has 98 valence electrons. The lowest BCUT2D eigenvalue weighted by atomic mass is 10.00. The Morgan fingerprint density at radius 2 is 1.83 bits per heavy atom. The summed E-state index contributed by atoms with van der Waals surface area (Å²) in [5.41, 5.74) is 6.98. The minimum absolute atomic E-state index is 0.0820. The van der Waals surface area contributed by atoms with Gasteiger partial charge in [-0.2, -0.15) is 0 Å². The second kappa shape index (κ2) is 5.08. The summed E-state index contributed by atoms with van der Waals surface area (Å²) in [7, 11) is 0. The van der Waals surface area contributed by atoms with Gasteiger partial charge in [0.1, 0.15) is 0 Å². The Morgan fingerprint density at radius 3 is 2.33 bits per heavy atom. The summed E-state index contributed by atoms with van der Waals surface area (Å²) in [6.07, 6.45) is 0.368. The van der Waals surface area contributed by atoms with Crippen LogP contribution in [0.1, 0.15) is 31.9 Å². The van der Waals surface area contributed by atoms with Gasteiger partial charge in [0.25, 0.3) is 0 Å². The number of carbonyl (C=O) groups is 1. The third-order valence-electron chi connectivity index (χ3n) is 3.19. The van der Waals surface area contributed by atoms with Crippen molar-refractivity contribution in [2.75, 3.05) is 0 Å². The topological polar surface area (TPSA) is 46.3 Å². The number of rotatable bonds is 2. The van der Waals surface area contributed by atoms with E-state index in [-0.39, 0.29) is 24.0 Å². The second-order valence-electron chi connectivity index (χ2n) is 4.91. The molecule has 1 aliphatic rings. The molecule has 1 heterocycles. The van der Waals surface area contributed by atoms with Crippen molar-refractivity contribution in [1.29, 1.82) is 0 Å². The summed E-state index contributed by atoms with van der Waals surface area (Å²) in [5, 5.41) is 1.13.